The number of carbonyl (C=O) groups excluding carboxylic acids is 2. The summed E-state index contributed by atoms with van der Waals surface area (Å²) in [6.07, 6.45) is 1.71. The van der Waals surface area contributed by atoms with Crippen LogP contribution in [0.4, 0.5) is 4.79 Å². The summed E-state index contributed by atoms with van der Waals surface area (Å²) >= 11 is 0.955. The van der Waals surface area contributed by atoms with Crippen LogP contribution in [0.3, 0.4) is 0 Å². The number of imide groups is 1. The first-order valence-electron chi connectivity index (χ1n) is 8.63. The van der Waals surface area contributed by atoms with Crippen molar-refractivity contribution in [2.75, 3.05) is 13.7 Å². The molecular weight excluding hydrogens is 362 g/mol. The van der Waals surface area contributed by atoms with Gasteiger partial charge in [0.25, 0.3) is 11.1 Å². The monoisotopic (exact) mass is 383 g/mol. The summed E-state index contributed by atoms with van der Waals surface area (Å²) < 4.78 is 10.8. The van der Waals surface area contributed by atoms with Crippen molar-refractivity contribution in [3.63, 3.8) is 0 Å². The molecule has 0 radical (unpaired) electrons. The van der Waals surface area contributed by atoms with Crippen LogP contribution in [0.15, 0.2) is 47.4 Å². The molecule has 0 aromatic heterocycles. The predicted octanol–water partition coefficient (Wildman–Crippen LogP) is 4.64. The molecule has 1 aliphatic rings. The molecule has 140 valence electrons. The van der Waals surface area contributed by atoms with Crippen molar-refractivity contribution in [2.24, 2.45) is 0 Å². The second kappa shape index (κ2) is 8.31. The van der Waals surface area contributed by atoms with E-state index < -0.39 is 0 Å². The topological polar surface area (TPSA) is 55.8 Å². The van der Waals surface area contributed by atoms with Gasteiger partial charge < -0.3 is 9.47 Å². The highest BCUT2D eigenvalue weighted by Gasteiger charge is 2.35. The lowest BCUT2D eigenvalue weighted by molar-refractivity contribution is -0.123. The van der Waals surface area contributed by atoms with Crippen LogP contribution in [-0.4, -0.2) is 29.8 Å². The van der Waals surface area contributed by atoms with Crippen LogP contribution in [0, 0.1) is 6.92 Å². The Hall–Kier alpha value is -2.73. The number of thioether (sulfide) groups is 1. The van der Waals surface area contributed by atoms with Gasteiger partial charge in [0.1, 0.15) is 0 Å². The maximum atomic E-state index is 12.7. The summed E-state index contributed by atoms with van der Waals surface area (Å²) in [4.78, 5) is 26.7. The summed E-state index contributed by atoms with van der Waals surface area (Å²) in [7, 11) is 1.58. The third-order valence-electron chi connectivity index (χ3n) is 4.12. The molecule has 0 N–H and O–H groups in total. The smallest absolute Gasteiger partial charge is 0.293 e. The number of hydrogen-bond acceptors (Lipinski definition) is 5. The van der Waals surface area contributed by atoms with E-state index in [1.54, 1.807) is 25.3 Å². The van der Waals surface area contributed by atoms with Crippen LogP contribution in [0.25, 0.3) is 6.08 Å². The zero-order valence-electron chi connectivity index (χ0n) is 15.5. The zero-order valence-corrected chi connectivity index (χ0v) is 16.3. The van der Waals surface area contributed by atoms with E-state index in [2.05, 4.69) is 0 Å². The number of methoxy groups -OCH3 is 1. The Labute approximate surface area is 163 Å². The van der Waals surface area contributed by atoms with Gasteiger partial charge in [-0.2, -0.15) is 0 Å². The minimum Gasteiger partial charge on any atom is -0.493 e. The van der Waals surface area contributed by atoms with Crippen molar-refractivity contribution in [2.45, 2.75) is 20.4 Å². The van der Waals surface area contributed by atoms with E-state index in [-0.39, 0.29) is 17.7 Å². The van der Waals surface area contributed by atoms with Gasteiger partial charge >= 0.3 is 0 Å². The summed E-state index contributed by atoms with van der Waals surface area (Å²) in [5.41, 5.74) is 2.84. The molecule has 0 aliphatic carbocycles. The molecule has 1 aliphatic heterocycles. The van der Waals surface area contributed by atoms with Gasteiger partial charge in [0.15, 0.2) is 11.5 Å². The molecule has 0 bridgehead atoms. The lowest BCUT2D eigenvalue weighted by Gasteiger charge is -2.12. The maximum absolute atomic E-state index is 12.7. The molecule has 0 unspecified atom stereocenters. The van der Waals surface area contributed by atoms with Crippen molar-refractivity contribution < 1.29 is 19.1 Å². The highest BCUT2D eigenvalue weighted by Crippen LogP contribution is 2.35. The van der Waals surface area contributed by atoms with Gasteiger partial charge in [0.05, 0.1) is 25.2 Å². The van der Waals surface area contributed by atoms with Crippen molar-refractivity contribution in [1.29, 1.82) is 0 Å². The van der Waals surface area contributed by atoms with E-state index in [0.717, 1.165) is 28.5 Å². The average molecular weight is 383 g/mol. The summed E-state index contributed by atoms with van der Waals surface area (Å²) in [6.45, 7) is 4.67. The second-order valence-corrected chi connectivity index (χ2v) is 7.09. The SMILES string of the molecule is CCOc1cc(/C=C2\SC(=O)N(Cc3ccc(C)cc3)C2=O)ccc1OC. The van der Waals surface area contributed by atoms with Crippen LogP contribution < -0.4 is 9.47 Å². The third-order valence-corrected chi connectivity index (χ3v) is 5.03. The molecule has 2 aromatic carbocycles. The fraction of sp³-hybridized carbons (Fsp3) is 0.238. The van der Waals surface area contributed by atoms with Crippen molar-refractivity contribution in [1.82, 2.24) is 4.90 Å². The molecule has 3 rings (SSSR count). The van der Waals surface area contributed by atoms with Gasteiger partial charge in [-0.1, -0.05) is 35.9 Å². The van der Waals surface area contributed by atoms with Crippen LogP contribution in [0.2, 0.25) is 0 Å². The summed E-state index contributed by atoms with van der Waals surface area (Å²) in [6, 6.07) is 13.2. The van der Waals surface area contributed by atoms with E-state index in [0.29, 0.717) is 23.0 Å². The Bertz CT molecular complexity index is 890. The molecule has 1 fully saturated rings. The number of nitrogens with zero attached hydrogens (tertiary/aromatic N) is 1. The molecule has 0 saturated carbocycles. The molecule has 1 saturated heterocycles. The molecule has 27 heavy (non-hydrogen) atoms. The Balaban J connectivity index is 1.81. The number of amides is 2. The highest BCUT2D eigenvalue weighted by atomic mass is 32.2. The van der Waals surface area contributed by atoms with E-state index in [9.17, 15) is 9.59 Å². The molecule has 2 amide bonds. The number of rotatable bonds is 6. The largest absolute Gasteiger partial charge is 0.493 e. The van der Waals surface area contributed by atoms with Gasteiger partial charge in [0, 0.05) is 0 Å². The Kier molecular flexibility index (Phi) is 5.86. The van der Waals surface area contributed by atoms with Crippen molar-refractivity contribution in [3.8, 4) is 11.5 Å². The number of aryl methyl sites for hydroxylation is 1. The van der Waals surface area contributed by atoms with Gasteiger partial charge in [0.2, 0.25) is 0 Å². The van der Waals surface area contributed by atoms with Crippen LogP contribution in [0.5, 0.6) is 11.5 Å². The second-order valence-electron chi connectivity index (χ2n) is 6.10. The average Bonchev–Trinajstić information content (AvgIpc) is 2.91. The van der Waals surface area contributed by atoms with Crippen LogP contribution in [-0.2, 0) is 11.3 Å². The molecule has 2 aromatic rings. The number of carbonyl (C=O) groups is 2. The normalized spacial score (nSPS) is 15.5. The maximum Gasteiger partial charge on any atom is 0.293 e. The molecular formula is C21H21NO4S. The quantitative estimate of drug-likeness (QED) is 0.680. The third kappa shape index (κ3) is 4.34. The number of ether oxygens (including phenoxy) is 2. The van der Waals surface area contributed by atoms with Gasteiger partial charge in [-0.05, 0) is 54.9 Å². The first kappa shape index (κ1) is 19.0. The van der Waals surface area contributed by atoms with Gasteiger partial charge in [-0.3, -0.25) is 14.5 Å². The minimum atomic E-state index is -0.278. The minimum absolute atomic E-state index is 0.259. The molecule has 5 nitrogen and oxygen atoms in total. The van der Waals surface area contributed by atoms with Gasteiger partial charge in [-0.15, -0.1) is 0 Å². The molecule has 1 heterocycles. The summed E-state index contributed by atoms with van der Waals surface area (Å²) in [5, 5.41) is -0.259. The van der Waals surface area contributed by atoms with E-state index in [4.69, 9.17) is 9.47 Å². The lowest BCUT2D eigenvalue weighted by Crippen LogP contribution is -2.27. The fourth-order valence-electron chi connectivity index (χ4n) is 2.72. The molecule has 0 spiro atoms. The fourth-order valence-corrected chi connectivity index (χ4v) is 3.55. The predicted molar refractivity (Wildman–Crippen MR) is 107 cm³/mol. The number of benzene rings is 2. The Morgan fingerprint density at radius 3 is 2.48 bits per heavy atom. The lowest BCUT2D eigenvalue weighted by atomic mass is 10.1. The Morgan fingerprint density at radius 2 is 1.81 bits per heavy atom. The van der Waals surface area contributed by atoms with Gasteiger partial charge in [-0.25, -0.2) is 0 Å². The van der Waals surface area contributed by atoms with Crippen LogP contribution >= 0.6 is 11.8 Å². The van der Waals surface area contributed by atoms with Crippen molar-refractivity contribution in [3.05, 3.63) is 64.1 Å². The summed E-state index contributed by atoms with van der Waals surface area (Å²) in [5.74, 6) is 0.952. The number of hydrogen-bond donors (Lipinski definition) is 0. The molecule has 6 heteroatoms. The van der Waals surface area contributed by atoms with E-state index in [1.807, 2.05) is 44.2 Å². The standard InChI is InChI=1S/C21H21NO4S/c1-4-26-18-11-16(9-10-17(18)25-3)12-19-20(23)22(21(24)27-19)13-15-7-5-14(2)6-8-15/h5-12H,4,13H2,1-3H3/b19-12-. The van der Waals surface area contributed by atoms with Crippen molar-refractivity contribution >= 4 is 29.0 Å². The first-order chi connectivity index (χ1) is 13.0. The molecule has 0 atom stereocenters. The van der Waals surface area contributed by atoms with E-state index >= 15 is 0 Å². The van der Waals surface area contributed by atoms with Crippen LogP contribution in [0.1, 0.15) is 23.6 Å². The van der Waals surface area contributed by atoms with E-state index in [1.165, 1.54) is 4.90 Å². The zero-order chi connectivity index (χ0) is 19.4. The highest BCUT2D eigenvalue weighted by molar-refractivity contribution is 8.18. The first-order valence-corrected chi connectivity index (χ1v) is 9.45. The Morgan fingerprint density at radius 1 is 1.07 bits per heavy atom.